The second-order valence-electron chi connectivity index (χ2n) is 7.32. The third kappa shape index (κ3) is 4.94. The van der Waals surface area contributed by atoms with Gasteiger partial charge in [-0.2, -0.15) is 0 Å². The predicted molar refractivity (Wildman–Crippen MR) is 130 cm³/mol. The maximum Gasteiger partial charge on any atom is 0.254 e. The van der Waals surface area contributed by atoms with Crippen LogP contribution in [0.1, 0.15) is 40.9 Å². The van der Waals surface area contributed by atoms with Crippen LogP contribution in [-0.2, 0) is 0 Å². The van der Waals surface area contributed by atoms with Gasteiger partial charge in [-0.1, -0.05) is 75.6 Å². The van der Waals surface area contributed by atoms with Crippen molar-refractivity contribution < 1.29 is 4.79 Å². The Morgan fingerprint density at radius 1 is 1.17 bits per heavy atom. The lowest BCUT2D eigenvalue weighted by Gasteiger charge is -2.08. The molecule has 1 aliphatic carbocycles. The first-order valence-corrected chi connectivity index (χ1v) is 11.1. The minimum absolute atomic E-state index is 0.0755. The van der Waals surface area contributed by atoms with Crippen molar-refractivity contribution in [3.8, 4) is 0 Å². The molecule has 30 heavy (non-hydrogen) atoms. The number of rotatable bonds is 5. The quantitative estimate of drug-likeness (QED) is 0.399. The molecule has 1 amide bonds. The molecule has 0 saturated heterocycles. The monoisotopic (exact) mass is 480 g/mol. The Bertz CT molecular complexity index is 1160. The molecule has 2 N–H and O–H groups in total. The van der Waals surface area contributed by atoms with Crippen molar-refractivity contribution >= 4 is 56.5 Å². The molecule has 2 aromatic carbocycles. The van der Waals surface area contributed by atoms with E-state index in [2.05, 4.69) is 44.5 Å². The summed E-state index contributed by atoms with van der Waals surface area (Å²) in [6.07, 6.45) is 13.5. The molecule has 152 valence electrons. The molecule has 0 aliphatic heterocycles. The van der Waals surface area contributed by atoms with Crippen molar-refractivity contribution in [2.75, 3.05) is 6.54 Å². The molecule has 0 bridgehead atoms. The van der Waals surface area contributed by atoms with Gasteiger partial charge < -0.3 is 10.3 Å². The van der Waals surface area contributed by atoms with Gasteiger partial charge in [-0.3, -0.25) is 4.79 Å². The number of aromatic nitrogens is 1. The first-order valence-electron chi connectivity index (χ1n) is 9.98. The summed E-state index contributed by atoms with van der Waals surface area (Å²) in [5.41, 5.74) is 4.62. The van der Waals surface area contributed by atoms with E-state index in [0.717, 1.165) is 45.9 Å². The van der Waals surface area contributed by atoms with Crippen molar-refractivity contribution in [3.05, 3.63) is 92.6 Å². The summed E-state index contributed by atoms with van der Waals surface area (Å²) >= 11 is 9.49. The normalized spacial score (nSPS) is 14.1. The zero-order chi connectivity index (χ0) is 20.9. The Morgan fingerprint density at radius 3 is 2.83 bits per heavy atom. The fourth-order valence-electron chi connectivity index (χ4n) is 3.57. The Balaban J connectivity index is 1.63. The first kappa shape index (κ1) is 20.7. The van der Waals surface area contributed by atoms with Gasteiger partial charge in [-0.15, -0.1) is 0 Å². The van der Waals surface area contributed by atoms with Crippen molar-refractivity contribution in [3.63, 3.8) is 0 Å². The van der Waals surface area contributed by atoms with Crippen LogP contribution in [0.3, 0.4) is 0 Å². The third-order valence-electron chi connectivity index (χ3n) is 5.14. The molecule has 0 saturated carbocycles. The summed E-state index contributed by atoms with van der Waals surface area (Å²) in [5, 5.41) is 4.71. The molecule has 0 spiro atoms. The minimum Gasteiger partial charge on any atom is -0.354 e. The van der Waals surface area contributed by atoms with Crippen molar-refractivity contribution in [2.45, 2.75) is 19.3 Å². The largest absolute Gasteiger partial charge is 0.354 e. The van der Waals surface area contributed by atoms with Gasteiger partial charge in [0.2, 0.25) is 0 Å². The number of carbonyl (C=O) groups is 1. The van der Waals surface area contributed by atoms with E-state index < -0.39 is 0 Å². The lowest BCUT2D eigenvalue weighted by molar-refractivity contribution is 0.0958. The number of carbonyl (C=O) groups excluding carboxylic acids is 1. The van der Waals surface area contributed by atoms with E-state index in [1.807, 2.05) is 54.6 Å². The molecule has 3 aromatic rings. The maximum absolute atomic E-state index is 13.2. The molecule has 1 aromatic heterocycles. The average Bonchev–Trinajstić information content (AvgIpc) is 2.90. The third-order valence-corrected chi connectivity index (χ3v) is 5.89. The SMILES string of the molecule is O=C(NCC1=CC=CCCC1)c1c(/C=C/c2ccc(Cl)cc2)[nH]c2cc(Br)ccc12. The van der Waals surface area contributed by atoms with Crippen molar-refractivity contribution in [2.24, 2.45) is 0 Å². The summed E-state index contributed by atoms with van der Waals surface area (Å²) in [6.45, 7) is 0.562. The first-order chi connectivity index (χ1) is 14.6. The van der Waals surface area contributed by atoms with Crippen LogP contribution >= 0.6 is 27.5 Å². The highest BCUT2D eigenvalue weighted by atomic mass is 79.9. The molecular formula is C25H22BrClN2O. The van der Waals surface area contributed by atoms with E-state index in [1.165, 1.54) is 5.57 Å². The minimum atomic E-state index is -0.0755. The van der Waals surface area contributed by atoms with Crippen LogP contribution in [-0.4, -0.2) is 17.4 Å². The number of amides is 1. The predicted octanol–water partition coefficient (Wildman–Crippen LogP) is 7.15. The summed E-state index contributed by atoms with van der Waals surface area (Å²) in [7, 11) is 0. The number of hydrogen-bond donors (Lipinski definition) is 2. The molecule has 0 atom stereocenters. The van der Waals surface area contributed by atoms with Gasteiger partial charge in [-0.05, 0) is 55.2 Å². The number of H-pyrrole nitrogens is 1. The van der Waals surface area contributed by atoms with Crippen LogP contribution in [0, 0.1) is 0 Å². The fraction of sp³-hybridized carbons (Fsp3) is 0.160. The standard InChI is InChI=1S/C25H22BrClN2O/c26-19-10-13-21-23(15-19)29-22(14-9-17-7-11-20(27)12-8-17)24(21)25(30)28-16-18-5-3-1-2-4-6-18/h1,3,5,7-15,29H,2,4,6,16H2,(H,28,30)/b14-9+. The van der Waals surface area contributed by atoms with Gasteiger partial charge in [0, 0.05) is 26.9 Å². The highest BCUT2D eigenvalue weighted by molar-refractivity contribution is 9.10. The van der Waals surface area contributed by atoms with Gasteiger partial charge in [0.25, 0.3) is 5.91 Å². The van der Waals surface area contributed by atoms with Crippen LogP contribution in [0.15, 0.2) is 70.7 Å². The van der Waals surface area contributed by atoms with Gasteiger partial charge >= 0.3 is 0 Å². The van der Waals surface area contributed by atoms with E-state index in [4.69, 9.17) is 11.6 Å². The summed E-state index contributed by atoms with van der Waals surface area (Å²) < 4.78 is 0.965. The van der Waals surface area contributed by atoms with Crippen molar-refractivity contribution in [1.29, 1.82) is 0 Å². The van der Waals surface area contributed by atoms with Crippen molar-refractivity contribution in [1.82, 2.24) is 10.3 Å². The highest BCUT2D eigenvalue weighted by Crippen LogP contribution is 2.27. The van der Waals surface area contributed by atoms with Gasteiger partial charge in [0.1, 0.15) is 0 Å². The summed E-state index contributed by atoms with van der Waals surface area (Å²) in [5.74, 6) is -0.0755. The molecular weight excluding hydrogens is 460 g/mol. The number of allylic oxidation sites excluding steroid dienone is 3. The topological polar surface area (TPSA) is 44.9 Å². The number of fused-ring (bicyclic) bond motifs is 1. The summed E-state index contributed by atoms with van der Waals surface area (Å²) in [4.78, 5) is 16.6. The van der Waals surface area contributed by atoms with Crippen LogP contribution in [0.5, 0.6) is 0 Å². The molecule has 0 unspecified atom stereocenters. The Morgan fingerprint density at radius 2 is 2.00 bits per heavy atom. The smallest absolute Gasteiger partial charge is 0.254 e. The lowest BCUT2D eigenvalue weighted by Crippen LogP contribution is -2.26. The van der Waals surface area contributed by atoms with Gasteiger partial charge in [0.05, 0.1) is 11.3 Å². The molecule has 1 heterocycles. The van der Waals surface area contributed by atoms with Crippen LogP contribution in [0.25, 0.3) is 23.1 Å². The highest BCUT2D eigenvalue weighted by Gasteiger charge is 2.17. The number of benzene rings is 2. The number of hydrogen-bond acceptors (Lipinski definition) is 1. The van der Waals surface area contributed by atoms with Crippen LogP contribution < -0.4 is 5.32 Å². The molecule has 4 rings (SSSR count). The van der Waals surface area contributed by atoms with E-state index in [-0.39, 0.29) is 5.91 Å². The molecule has 3 nitrogen and oxygen atoms in total. The Labute approximate surface area is 189 Å². The second kappa shape index (κ2) is 9.50. The zero-order valence-electron chi connectivity index (χ0n) is 16.4. The van der Waals surface area contributed by atoms with Crippen LogP contribution in [0.2, 0.25) is 5.02 Å². The Kier molecular flexibility index (Phi) is 6.56. The fourth-order valence-corrected chi connectivity index (χ4v) is 4.06. The summed E-state index contributed by atoms with van der Waals surface area (Å²) in [6, 6.07) is 13.5. The molecule has 0 fully saturated rings. The second-order valence-corrected chi connectivity index (χ2v) is 8.67. The van der Waals surface area contributed by atoms with E-state index in [9.17, 15) is 4.79 Å². The van der Waals surface area contributed by atoms with Gasteiger partial charge in [0.15, 0.2) is 0 Å². The maximum atomic E-state index is 13.2. The van der Waals surface area contributed by atoms with E-state index in [0.29, 0.717) is 17.1 Å². The van der Waals surface area contributed by atoms with Gasteiger partial charge in [-0.25, -0.2) is 0 Å². The molecule has 1 aliphatic rings. The lowest BCUT2D eigenvalue weighted by atomic mass is 10.1. The zero-order valence-corrected chi connectivity index (χ0v) is 18.8. The number of nitrogens with one attached hydrogen (secondary N) is 2. The van der Waals surface area contributed by atoms with E-state index >= 15 is 0 Å². The molecule has 5 heteroatoms. The van der Waals surface area contributed by atoms with E-state index in [1.54, 1.807) is 0 Å². The molecule has 0 radical (unpaired) electrons. The average molecular weight is 482 g/mol. The Hall–Kier alpha value is -2.56. The number of halogens is 2. The number of aromatic amines is 1. The van der Waals surface area contributed by atoms with Crippen LogP contribution in [0.4, 0.5) is 0 Å².